The summed E-state index contributed by atoms with van der Waals surface area (Å²) >= 11 is 0. The summed E-state index contributed by atoms with van der Waals surface area (Å²) in [4.78, 5) is 8.72. The van der Waals surface area contributed by atoms with Gasteiger partial charge in [-0.1, -0.05) is 32.9 Å². The Morgan fingerprint density at radius 2 is 2.10 bits per heavy atom. The summed E-state index contributed by atoms with van der Waals surface area (Å²) in [5.74, 6) is 2.27. The number of hydrogen-bond acceptors (Lipinski definition) is 5. The Bertz CT molecular complexity index is 529. The van der Waals surface area contributed by atoms with Gasteiger partial charge in [-0.25, -0.2) is 4.98 Å². The van der Waals surface area contributed by atoms with Crippen LogP contribution in [0.25, 0.3) is 0 Å². The van der Waals surface area contributed by atoms with Crippen molar-refractivity contribution in [3.8, 4) is 0 Å². The highest BCUT2D eigenvalue weighted by atomic mass is 16.5. The molecule has 20 heavy (non-hydrogen) atoms. The molecule has 0 radical (unpaired) electrons. The van der Waals surface area contributed by atoms with Gasteiger partial charge in [-0.05, 0) is 12.5 Å². The van der Waals surface area contributed by atoms with Crippen molar-refractivity contribution in [1.82, 2.24) is 25.0 Å². The summed E-state index contributed by atoms with van der Waals surface area (Å²) < 4.78 is 7.16. The van der Waals surface area contributed by atoms with Crippen LogP contribution >= 0.6 is 0 Å². The van der Waals surface area contributed by atoms with Crippen molar-refractivity contribution in [1.29, 1.82) is 0 Å². The zero-order chi connectivity index (χ0) is 14.5. The van der Waals surface area contributed by atoms with Gasteiger partial charge in [0.05, 0.1) is 18.6 Å². The van der Waals surface area contributed by atoms with Gasteiger partial charge in [0.1, 0.15) is 0 Å². The molecule has 0 fully saturated rings. The third-order valence-electron chi connectivity index (χ3n) is 2.85. The van der Waals surface area contributed by atoms with Crippen LogP contribution in [-0.2, 0) is 13.1 Å². The minimum Gasteiger partial charge on any atom is -0.339 e. The maximum atomic E-state index is 5.19. The molecule has 0 atom stereocenters. The molecule has 0 aliphatic carbocycles. The van der Waals surface area contributed by atoms with Crippen LogP contribution < -0.4 is 5.32 Å². The molecule has 0 aromatic carbocycles. The summed E-state index contributed by atoms with van der Waals surface area (Å²) in [6.45, 7) is 10.8. The normalized spacial score (nSPS) is 11.7. The monoisotopic (exact) mass is 277 g/mol. The van der Waals surface area contributed by atoms with Gasteiger partial charge in [-0.3, -0.25) is 0 Å². The molecule has 0 aliphatic rings. The lowest BCUT2D eigenvalue weighted by molar-refractivity contribution is 0.360. The lowest BCUT2D eigenvalue weighted by atomic mass is 10.2. The van der Waals surface area contributed by atoms with Crippen molar-refractivity contribution >= 4 is 0 Å². The van der Waals surface area contributed by atoms with E-state index in [1.54, 1.807) is 6.33 Å². The van der Waals surface area contributed by atoms with Crippen LogP contribution in [0.4, 0.5) is 0 Å². The maximum absolute atomic E-state index is 5.19. The Balaban J connectivity index is 1.88. The summed E-state index contributed by atoms with van der Waals surface area (Å²) in [5, 5.41) is 7.35. The quantitative estimate of drug-likeness (QED) is 0.840. The molecule has 6 heteroatoms. The lowest BCUT2D eigenvalue weighted by Gasteiger charge is -2.04. The molecule has 0 saturated heterocycles. The van der Waals surface area contributed by atoms with E-state index >= 15 is 0 Å². The van der Waals surface area contributed by atoms with E-state index < -0.39 is 0 Å². The highest BCUT2D eigenvalue weighted by Gasteiger charge is 2.10. The third kappa shape index (κ3) is 4.16. The van der Waals surface area contributed by atoms with E-state index in [2.05, 4.69) is 34.3 Å². The molecule has 0 spiro atoms. The maximum Gasteiger partial charge on any atom is 0.229 e. The van der Waals surface area contributed by atoms with Gasteiger partial charge in [0, 0.05) is 18.7 Å². The van der Waals surface area contributed by atoms with Crippen LogP contribution in [0.5, 0.6) is 0 Å². The molecule has 2 aromatic heterocycles. The minimum atomic E-state index is 0.259. The Morgan fingerprint density at radius 1 is 1.30 bits per heavy atom. The molecule has 6 nitrogen and oxygen atoms in total. The molecular weight excluding hydrogens is 254 g/mol. The molecule has 2 heterocycles. The number of hydrogen-bond donors (Lipinski definition) is 1. The fourth-order valence-corrected chi connectivity index (χ4v) is 1.80. The van der Waals surface area contributed by atoms with E-state index in [4.69, 9.17) is 4.52 Å². The lowest BCUT2D eigenvalue weighted by Crippen LogP contribution is -2.19. The molecule has 2 aromatic rings. The zero-order valence-corrected chi connectivity index (χ0v) is 12.6. The Labute approximate surface area is 119 Å². The van der Waals surface area contributed by atoms with Gasteiger partial charge in [-0.2, -0.15) is 4.98 Å². The minimum absolute atomic E-state index is 0.259. The summed E-state index contributed by atoms with van der Waals surface area (Å²) in [6, 6.07) is 0. The number of aromatic nitrogens is 4. The molecule has 110 valence electrons. The Hall–Kier alpha value is -1.69. The third-order valence-corrected chi connectivity index (χ3v) is 2.85. The first-order valence-corrected chi connectivity index (χ1v) is 7.08. The largest absolute Gasteiger partial charge is 0.339 e. The molecular formula is C14H23N5O. The predicted octanol–water partition coefficient (Wildman–Crippen LogP) is 2.18. The van der Waals surface area contributed by atoms with Gasteiger partial charge < -0.3 is 14.4 Å². The van der Waals surface area contributed by atoms with Crippen LogP contribution in [-0.4, -0.2) is 26.2 Å². The van der Waals surface area contributed by atoms with E-state index in [-0.39, 0.29) is 5.92 Å². The first-order valence-electron chi connectivity index (χ1n) is 7.08. The Morgan fingerprint density at radius 3 is 2.75 bits per heavy atom. The van der Waals surface area contributed by atoms with Crippen molar-refractivity contribution in [2.75, 3.05) is 6.54 Å². The molecule has 0 saturated carbocycles. The second kappa shape index (κ2) is 6.65. The van der Waals surface area contributed by atoms with E-state index in [9.17, 15) is 0 Å². The zero-order valence-electron chi connectivity index (χ0n) is 12.6. The summed E-state index contributed by atoms with van der Waals surface area (Å²) in [5.41, 5.74) is 1.03. The van der Waals surface area contributed by atoms with Crippen molar-refractivity contribution in [3.63, 3.8) is 0 Å². The van der Waals surface area contributed by atoms with Crippen LogP contribution in [0.2, 0.25) is 0 Å². The molecule has 0 aliphatic heterocycles. The van der Waals surface area contributed by atoms with Gasteiger partial charge in [0.2, 0.25) is 5.89 Å². The first kappa shape index (κ1) is 14.7. The average Bonchev–Trinajstić information content (AvgIpc) is 2.99. The second-order valence-electron chi connectivity index (χ2n) is 5.77. The SMILES string of the molecule is CC(C)CNCc1cn(Cc2noc(C(C)C)n2)cn1. The van der Waals surface area contributed by atoms with Gasteiger partial charge >= 0.3 is 0 Å². The Kier molecular flexibility index (Phi) is 4.89. The number of nitrogens with one attached hydrogen (secondary N) is 1. The van der Waals surface area contributed by atoms with Gasteiger partial charge in [0.25, 0.3) is 0 Å². The standard InChI is InChI=1S/C14H23N5O/c1-10(2)5-15-6-12-7-19(9-16-12)8-13-17-14(11(3)4)20-18-13/h7,9-11,15H,5-6,8H2,1-4H3. The van der Waals surface area contributed by atoms with Crippen molar-refractivity contribution in [2.24, 2.45) is 5.92 Å². The van der Waals surface area contributed by atoms with Gasteiger partial charge in [-0.15, -0.1) is 0 Å². The number of rotatable bonds is 7. The number of imidazole rings is 1. The van der Waals surface area contributed by atoms with E-state index in [0.29, 0.717) is 24.2 Å². The van der Waals surface area contributed by atoms with Crippen LogP contribution in [0, 0.1) is 5.92 Å². The topological polar surface area (TPSA) is 68.8 Å². The highest BCUT2D eigenvalue weighted by molar-refractivity contribution is 4.99. The fraction of sp³-hybridized carbons (Fsp3) is 0.643. The van der Waals surface area contributed by atoms with E-state index in [1.165, 1.54) is 0 Å². The number of nitrogens with zero attached hydrogens (tertiary/aromatic N) is 4. The van der Waals surface area contributed by atoms with E-state index in [1.807, 2.05) is 24.6 Å². The van der Waals surface area contributed by atoms with Crippen molar-refractivity contribution in [3.05, 3.63) is 29.9 Å². The van der Waals surface area contributed by atoms with Gasteiger partial charge in [0.15, 0.2) is 5.82 Å². The van der Waals surface area contributed by atoms with Crippen molar-refractivity contribution < 1.29 is 4.52 Å². The molecule has 0 amide bonds. The van der Waals surface area contributed by atoms with E-state index in [0.717, 1.165) is 18.8 Å². The average molecular weight is 277 g/mol. The molecule has 1 N–H and O–H groups in total. The first-order chi connectivity index (χ1) is 9.54. The summed E-state index contributed by atoms with van der Waals surface area (Å²) in [6.07, 6.45) is 3.82. The second-order valence-corrected chi connectivity index (χ2v) is 5.77. The van der Waals surface area contributed by atoms with Crippen molar-refractivity contribution in [2.45, 2.75) is 46.7 Å². The van der Waals surface area contributed by atoms with Crippen LogP contribution in [0.3, 0.4) is 0 Å². The molecule has 2 rings (SSSR count). The molecule has 0 bridgehead atoms. The summed E-state index contributed by atoms with van der Waals surface area (Å²) in [7, 11) is 0. The smallest absolute Gasteiger partial charge is 0.229 e. The molecule has 0 unspecified atom stereocenters. The predicted molar refractivity (Wildman–Crippen MR) is 76.3 cm³/mol. The van der Waals surface area contributed by atoms with Crippen LogP contribution in [0.1, 0.15) is 51.0 Å². The van der Waals surface area contributed by atoms with Crippen LogP contribution in [0.15, 0.2) is 17.0 Å². The highest BCUT2D eigenvalue weighted by Crippen LogP contribution is 2.11. The fourth-order valence-electron chi connectivity index (χ4n) is 1.80.